The minimum absolute atomic E-state index is 0.205. The van der Waals surface area contributed by atoms with Crippen molar-refractivity contribution in [1.29, 1.82) is 0 Å². The van der Waals surface area contributed by atoms with Crippen LogP contribution in [-0.4, -0.2) is 24.9 Å². The van der Waals surface area contributed by atoms with Crippen molar-refractivity contribution in [1.82, 2.24) is 0 Å². The Morgan fingerprint density at radius 1 is 1.26 bits per heavy atom. The largest absolute Gasteiger partial charge is 0.497 e. The number of ketones is 1. The molecule has 1 saturated heterocycles. The van der Waals surface area contributed by atoms with Crippen molar-refractivity contribution in [2.45, 2.75) is 11.7 Å². The van der Waals surface area contributed by atoms with Gasteiger partial charge in [-0.25, -0.2) is 0 Å². The molecule has 6 heteroatoms. The molecule has 116 valence electrons. The van der Waals surface area contributed by atoms with E-state index in [9.17, 15) is 9.59 Å². The number of hydrogen-bond donors (Lipinski definition) is 1. The number of amides is 1. The monoisotopic (exact) mass is 373 g/mol. The van der Waals surface area contributed by atoms with Gasteiger partial charge in [0.1, 0.15) is 5.75 Å². The first-order valence-electron chi connectivity index (χ1n) is 7.04. The molecule has 2 heterocycles. The average molecular weight is 374 g/mol. The number of rotatable bonds is 3. The first-order chi connectivity index (χ1) is 11.1. The Hall–Kier alpha value is -2.18. The van der Waals surface area contributed by atoms with E-state index >= 15 is 0 Å². The molecule has 2 aliphatic heterocycles. The first-order valence-corrected chi connectivity index (χ1v) is 7.83. The quantitative estimate of drug-likeness (QED) is 0.663. The molecule has 1 spiro atoms. The molecule has 5 nitrogen and oxygen atoms in total. The minimum Gasteiger partial charge on any atom is -0.497 e. The van der Waals surface area contributed by atoms with E-state index in [0.717, 1.165) is 4.47 Å². The number of hydrogen-bond acceptors (Lipinski definition) is 4. The van der Waals surface area contributed by atoms with E-state index < -0.39 is 11.7 Å². The number of halogens is 1. The maximum absolute atomic E-state index is 12.6. The fourth-order valence-electron chi connectivity index (χ4n) is 2.94. The van der Waals surface area contributed by atoms with Gasteiger partial charge in [-0.1, -0.05) is 28.1 Å². The second kappa shape index (κ2) is 4.91. The lowest BCUT2D eigenvalue weighted by atomic mass is 9.92. The second-order valence-electron chi connectivity index (χ2n) is 5.47. The van der Waals surface area contributed by atoms with E-state index in [1.165, 1.54) is 0 Å². The SMILES string of the molecule is COc1ccc2c(c1)C1(OC1C(=O)c1ccc(Br)cc1)C(=O)N2. The molecule has 0 aliphatic carbocycles. The minimum atomic E-state index is -1.23. The predicted molar refractivity (Wildman–Crippen MR) is 86.6 cm³/mol. The van der Waals surface area contributed by atoms with Gasteiger partial charge in [0.05, 0.1) is 7.11 Å². The third-order valence-electron chi connectivity index (χ3n) is 4.20. The van der Waals surface area contributed by atoms with E-state index in [1.54, 1.807) is 49.6 Å². The molecular weight excluding hydrogens is 362 g/mol. The maximum atomic E-state index is 12.6. The zero-order valence-electron chi connectivity index (χ0n) is 12.1. The Kier molecular flexibility index (Phi) is 3.08. The summed E-state index contributed by atoms with van der Waals surface area (Å²) in [6.07, 6.45) is -0.808. The number of Topliss-reactive ketones (excluding diaryl/α,β-unsaturated/α-hetero) is 1. The van der Waals surface area contributed by atoms with Gasteiger partial charge in [-0.05, 0) is 30.3 Å². The number of fused-ring (bicyclic) bond motifs is 2. The van der Waals surface area contributed by atoms with Gasteiger partial charge < -0.3 is 14.8 Å². The van der Waals surface area contributed by atoms with Crippen molar-refractivity contribution < 1.29 is 19.1 Å². The highest BCUT2D eigenvalue weighted by Crippen LogP contribution is 2.55. The van der Waals surface area contributed by atoms with Gasteiger partial charge in [-0.3, -0.25) is 9.59 Å². The molecule has 0 aromatic heterocycles. The van der Waals surface area contributed by atoms with Crippen LogP contribution in [0.15, 0.2) is 46.9 Å². The smallest absolute Gasteiger partial charge is 0.264 e. The number of benzene rings is 2. The number of carbonyl (C=O) groups excluding carboxylic acids is 2. The summed E-state index contributed by atoms with van der Waals surface area (Å²) < 4.78 is 11.7. The molecular formula is C17H12BrNO4. The van der Waals surface area contributed by atoms with Gasteiger partial charge in [-0.2, -0.15) is 0 Å². The van der Waals surface area contributed by atoms with Crippen LogP contribution < -0.4 is 10.1 Å². The summed E-state index contributed by atoms with van der Waals surface area (Å²) in [5.41, 5.74) is 0.590. The number of nitrogens with one attached hydrogen (secondary N) is 1. The lowest BCUT2D eigenvalue weighted by Crippen LogP contribution is -2.27. The lowest BCUT2D eigenvalue weighted by Gasteiger charge is -2.05. The highest BCUT2D eigenvalue weighted by Gasteiger charge is 2.70. The van der Waals surface area contributed by atoms with Gasteiger partial charge >= 0.3 is 0 Å². The van der Waals surface area contributed by atoms with Gasteiger partial charge in [-0.15, -0.1) is 0 Å². The molecule has 0 bridgehead atoms. The Morgan fingerprint density at radius 2 is 2.00 bits per heavy atom. The standard InChI is InChI=1S/C17H12BrNO4/c1-22-11-6-7-13-12(8-11)17(16(21)19-13)15(23-17)14(20)9-2-4-10(18)5-3-9/h2-8,15H,1H3,(H,19,21). The van der Waals surface area contributed by atoms with Crippen LogP contribution in [0.5, 0.6) is 5.75 Å². The highest BCUT2D eigenvalue weighted by molar-refractivity contribution is 9.10. The molecule has 2 aromatic carbocycles. The molecule has 2 aromatic rings. The van der Waals surface area contributed by atoms with Crippen LogP contribution in [0, 0.1) is 0 Å². The number of ether oxygens (including phenoxy) is 2. The van der Waals surface area contributed by atoms with E-state index in [1.807, 2.05) is 0 Å². The Balaban J connectivity index is 1.71. The van der Waals surface area contributed by atoms with Crippen molar-refractivity contribution in [3.63, 3.8) is 0 Å². The van der Waals surface area contributed by atoms with Gasteiger partial charge in [0.2, 0.25) is 5.60 Å². The summed E-state index contributed by atoms with van der Waals surface area (Å²) in [6, 6.07) is 12.2. The molecule has 1 amide bonds. The van der Waals surface area contributed by atoms with E-state index in [0.29, 0.717) is 22.6 Å². The van der Waals surface area contributed by atoms with Crippen LogP contribution in [0.2, 0.25) is 0 Å². The van der Waals surface area contributed by atoms with Crippen LogP contribution in [0.1, 0.15) is 15.9 Å². The Morgan fingerprint density at radius 3 is 2.70 bits per heavy atom. The topological polar surface area (TPSA) is 67.9 Å². The van der Waals surface area contributed by atoms with E-state index in [4.69, 9.17) is 9.47 Å². The van der Waals surface area contributed by atoms with Crippen molar-refractivity contribution in [3.8, 4) is 5.75 Å². The molecule has 0 radical (unpaired) electrons. The Bertz CT molecular complexity index is 833. The number of carbonyl (C=O) groups is 2. The fraction of sp³-hybridized carbons (Fsp3) is 0.176. The van der Waals surface area contributed by atoms with Crippen LogP contribution in [0.25, 0.3) is 0 Å². The summed E-state index contributed by atoms with van der Waals surface area (Å²) in [4.78, 5) is 25.0. The molecule has 1 N–H and O–H groups in total. The van der Waals surface area contributed by atoms with Crippen molar-refractivity contribution in [2.24, 2.45) is 0 Å². The van der Waals surface area contributed by atoms with Crippen molar-refractivity contribution in [3.05, 3.63) is 58.1 Å². The molecule has 4 rings (SSSR count). The van der Waals surface area contributed by atoms with Gasteiger partial charge in [0, 0.05) is 21.3 Å². The highest BCUT2D eigenvalue weighted by atomic mass is 79.9. The summed E-state index contributed by atoms with van der Waals surface area (Å²) in [7, 11) is 1.55. The van der Waals surface area contributed by atoms with Crippen LogP contribution in [0.4, 0.5) is 5.69 Å². The third kappa shape index (κ3) is 2.02. The van der Waals surface area contributed by atoms with E-state index in [2.05, 4.69) is 21.2 Å². The molecule has 2 unspecified atom stereocenters. The third-order valence-corrected chi connectivity index (χ3v) is 4.72. The first kappa shape index (κ1) is 14.4. The van der Waals surface area contributed by atoms with Crippen molar-refractivity contribution in [2.75, 3.05) is 12.4 Å². The lowest BCUT2D eigenvalue weighted by molar-refractivity contribution is -0.120. The normalized spacial score (nSPS) is 24.3. The van der Waals surface area contributed by atoms with Crippen LogP contribution in [0.3, 0.4) is 0 Å². The number of methoxy groups -OCH3 is 1. The number of epoxide rings is 1. The van der Waals surface area contributed by atoms with E-state index in [-0.39, 0.29) is 11.7 Å². The average Bonchev–Trinajstić information content (AvgIpc) is 3.25. The molecule has 0 saturated carbocycles. The van der Waals surface area contributed by atoms with Crippen molar-refractivity contribution >= 4 is 33.3 Å². The molecule has 2 aliphatic rings. The van der Waals surface area contributed by atoms with Crippen LogP contribution >= 0.6 is 15.9 Å². The Labute approximate surface area is 140 Å². The van der Waals surface area contributed by atoms with Gasteiger partial charge in [0.15, 0.2) is 11.9 Å². The maximum Gasteiger partial charge on any atom is 0.264 e. The predicted octanol–water partition coefficient (Wildman–Crippen LogP) is 2.89. The second-order valence-corrected chi connectivity index (χ2v) is 6.39. The summed E-state index contributed by atoms with van der Waals surface area (Å²) in [5.74, 6) is 0.101. The fourth-order valence-corrected chi connectivity index (χ4v) is 3.20. The number of anilines is 1. The summed E-state index contributed by atoms with van der Waals surface area (Å²) >= 11 is 3.33. The molecule has 1 fully saturated rings. The summed E-state index contributed by atoms with van der Waals surface area (Å²) in [6.45, 7) is 0. The molecule has 2 atom stereocenters. The molecule has 23 heavy (non-hydrogen) atoms. The zero-order chi connectivity index (χ0) is 16.2. The summed E-state index contributed by atoms with van der Waals surface area (Å²) in [5, 5.41) is 2.77. The van der Waals surface area contributed by atoms with Gasteiger partial charge in [0.25, 0.3) is 5.91 Å². The van der Waals surface area contributed by atoms with Crippen LogP contribution in [-0.2, 0) is 15.1 Å². The zero-order valence-corrected chi connectivity index (χ0v) is 13.7.